The van der Waals surface area contributed by atoms with E-state index in [1.54, 1.807) is 43.3 Å². The van der Waals surface area contributed by atoms with Gasteiger partial charge in [0, 0.05) is 12.6 Å². The Kier molecular flexibility index (Phi) is 6.46. The number of phenolic OH excluding ortho intramolecular Hbond substituents is 1. The summed E-state index contributed by atoms with van der Waals surface area (Å²) in [4.78, 5) is 31.3. The van der Waals surface area contributed by atoms with E-state index in [4.69, 9.17) is 4.74 Å². The molecule has 0 fully saturated rings. The number of hydrazone groups is 1. The molecule has 0 radical (unpaired) electrons. The molecule has 0 aliphatic heterocycles. The van der Waals surface area contributed by atoms with E-state index in [-0.39, 0.29) is 36.0 Å². The van der Waals surface area contributed by atoms with Crippen LogP contribution in [0.2, 0.25) is 0 Å². The van der Waals surface area contributed by atoms with Crippen molar-refractivity contribution in [2.75, 3.05) is 12.0 Å². The van der Waals surface area contributed by atoms with Gasteiger partial charge in [-0.1, -0.05) is 30.3 Å². The molecule has 0 unspecified atom stereocenters. The number of phenols is 1. The number of hydrogen-bond donors (Lipinski definition) is 4. The fourth-order valence-electron chi connectivity index (χ4n) is 3.44. The fourth-order valence-corrected chi connectivity index (χ4v) is 3.44. The Labute approximate surface area is 193 Å². The molecule has 2 aromatic heterocycles. The van der Waals surface area contributed by atoms with Crippen molar-refractivity contribution < 1.29 is 14.9 Å². The van der Waals surface area contributed by atoms with Crippen molar-refractivity contribution in [3.63, 3.8) is 0 Å². The third-order valence-electron chi connectivity index (χ3n) is 5.20. The van der Waals surface area contributed by atoms with E-state index >= 15 is 0 Å². The van der Waals surface area contributed by atoms with Gasteiger partial charge in [-0.3, -0.25) is 14.3 Å². The predicted octanol–water partition coefficient (Wildman–Crippen LogP) is 1.40. The quantitative estimate of drug-likeness (QED) is 0.228. The zero-order valence-electron chi connectivity index (χ0n) is 18.6. The maximum atomic E-state index is 12.6. The van der Waals surface area contributed by atoms with Gasteiger partial charge in [0.05, 0.1) is 12.3 Å². The van der Waals surface area contributed by atoms with Crippen molar-refractivity contribution in [2.24, 2.45) is 12.1 Å². The number of anilines is 1. The first-order valence-corrected chi connectivity index (χ1v) is 10.5. The number of aliphatic hydroxyl groups excluding tert-OH is 1. The molecule has 0 amide bonds. The highest BCUT2D eigenvalue weighted by Crippen LogP contribution is 2.19. The van der Waals surface area contributed by atoms with Crippen molar-refractivity contribution >= 4 is 22.8 Å². The molecule has 4 aromatic rings. The summed E-state index contributed by atoms with van der Waals surface area (Å²) in [5.74, 6) is 0.792. The normalized spacial score (nSPS) is 12.6. The van der Waals surface area contributed by atoms with E-state index in [1.165, 1.54) is 16.2 Å². The minimum absolute atomic E-state index is 0.0347. The van der Waals surface area contributed by atoms with Gasteiger partial charge in [-0.2, -0.15) is 10.1 Å². The third-order valence-corrected chi connectivity index (χ3v) is 5.20. The first-order chi connectivity index (χ1) is 16.3. The molecule has 4 N–H and O–H groups in total. The standard InChI is InChI=1S/C23H24N6O5/c1-14(17-10-6-7-11-18(17)31)26-27-22-24-20-19(21(32)25-23(33)28(20)2)29(22)12-15(30)13-34-16-8-4-3-5-9-16/h3-11,15,30-31H,12-13H2,1-2H3,(H,24,27)(H,25,32,33)/t15-/m1/s1. The van der Waals surface area contributed by atoms with Crippen LogP contribution in [-0.4, -0.2) is 47.7 Å². The minimum atomic E-state index is -1.00. The lowest BCUT2D eigenvalue weighted by Gasteiger charge is -2.15. The van der Waals surface area contributed by atoms with Gasteiger partial charge in [0.2, 0.25) is 5.95 Å². The van der Waals surface area contributed by atoms with E-state index in [0.717, 1.165) is 0 Å². The number of benzene rings is 2. The molecular formula is C23H24N6O5. The van der Waals surface area contributed by atoms with Crippen LogP contribution >= 0.6 is 0 Å². The van der Waals surface area contributed by atoms with Gasteiger partial charge in [0.1, 0.15) is 24.2 Å². The number of hydrogen-bond acceptors (Lipinski definition) is 8. The smallest absolute Gasteiger partial charge is 0.329 e. The average molecular weight is 464 g/mol. The van der Waals surface area contributed by atoms with Gasteiger partial charge >= 0.3 is 5.69 Å². The van der Waals surface area contributed by atoms with Crippen molar-refractivity contribution in [3.05, 3.63) is 81.0 Å². The van der Waals surface area contributed by atoms with E-state index in [9.17, 15) is 19.8 Å². The summed E-state index contributed by atoms with van der Waals surface area (Å²) >= 11 is 0. The molecule has 0 aliphatic rings. The van der Waals surface area contributed by atoms with Crippen molar-refractivity contribution in [2.45, 2.75) is 19.6 Å². The van der Waals surface area contributed by atoms with Crippen LogP contribution < -0.4 is 21.4 Å². The van der Waals surface area contributed by atoms with Gasteiger partial charge in [0.25, 0.3) is 5.56 Å². The summed E-state index contributed by atoms with van der Waals surface area (Å²) in [6.07, 6.45) is -1.00. The number of H-pyrrole nitrogens is 1. The number of aromatic nitrogens is 4. The summed E-state index contributed by atoms with van der Waals surface area (Å²) < 4.78 is 8.25. The van der Waals surface area contributed by atoms with Crippen LogP contribution in [0.4, 0.5) is 5.95 Å². The zero-order valence-corrected chi connectivity index (χ0v) is 18.6. The molecule has 0 aliphatic carbocycles. The van der Waals surface area contributed by atoms with E-state index in [2.05, 4.69) is 20.5 Å². The number of aromatic amines is 1. The highest BCUT2D eigenvalue weighted by molar-refractivity contribution is 6.01. The maximum absolute atomic E-state index is 12.6. The second-order valence-electron chi connectivity index (χ2n) is 7.64. The first-order valence-electron chi connectivity index (χ1n) is 10.5. The lowest BCUT2D eigenvalue weighted by atomic mass is 10.1. The van der Waals surface area contributed by atoms with Crippen molar-refractivity contribution in [3.8, 4) is 11.5 Å². The Morgan fingerprint density at radius 1 is 1.18 bits per heavy atom. The zero-order chi connectivity index (χ0) is 24.2. The molecule has 11 heteroatoms. The Hall–Kier alpha value is -4.38. The Morgan fingerprint density at radius 3 is 2.62 bits per heavy atom. The number of para-hydroxylation sites is 2. The highest BCUT2D eigenvalue weighted by atomic mass is 16.5. The molecule has 4 rings (SSSR count). The van der Waals surface area contributed by atoms with Crippen LogP contribution in [0, 0.1) is 0 Å². The molecule has 1 atom stereocenters. The lowest BCUT2D eigenvalue weighted by Crippen LogP contribution is -2.30. The highest BCUT2D eigenvalue weighted by Gasteiger charge is 2.20. The van der Waals surface area contributed by atoms with Crippen LogP contribution in [0.1, 0.15) is 12.5 Å². The van der Waals surface area contributed by atoms with Crippen LogP contribution in [0.5, 0.6) is 11.5 Å². The first kappa shape index (κ1) is 22.8. The SMILES string of the molecule is CC(=NNc1nc2c(c(=O)[nH]c(=O)n2C)n1C[C@@H](O)COc1ccccc1)c1ccccc1O. The molecule has 0 spiro atoms. The van der Waals surface area contributed by atoms with Crippen molar-refractivity contribution in [1.29, 1.82) is 0 Å². The fraction of sp³-hybridized carbons (Fsp3) is 0.217. The molecule has 11 nitrogen and oxygen atoms in total. The number of rotatable bonds is 8. The second kappa shape index (κ2) is 9.63. The van der Waals surface area contributed by atoms with E-state index in [0.29, 0.717) is 17.0 Å². The Balaban J connectivity index is 1.67. The van der Waals surface area contributed by atoms with Gasteiger partial charge in [-0.25, -0.2) is 10.2 Å². The van der Waals surface area contributed by atoms with Gasteiger partial charge in [-0.05, 0) is 31.2 Å². The summed E-state index contributed by atoms with van der Waals surface area (Å²) in [7, 11) is 1.48. The summed E-state index contributed by atoms with van der Waals surface area (Å²) in [5.41, 5.74) is 2.73. The molecular weight excluding hydrogens is 440 g/mol. The lowest BCUT2D eigenvalue weighted by molar-refractivity contribution is 0.0938. The van der Waals surface area contributed by atoms with Gasteiger partial charge in [-0.15, -0.1) is 0 Å². The van der Waals surface area contributed by atoms with Crippen molar-refractivity contribution in [1.82, 2.24) is 19.1 Å². The maximum Gasteiger partial charge on any atom is 0.329 e. The number of ether oxygens (including phenoxy) is 1. The number of imidazole rings is 1. The van der Waals surface area contributed by atoms with Crippen LogP contribution in [-0.2, 0) is 13.6 Å². The summed E-state index contributed by atoms with van der Waals surface area (Å²) in [6, 6.07) is 15.7. The largest absolute Gasteiger partial charge is 0.507 e. The molecule has 176 valence electrons. The Bertz CT molecular complexity index is 1450. The molecule has 2 heterocycles. The Morgan fingerprint density at radius 2 is 1.88 bits per heavy atom. The topological polar surface area (TPSA) is 147 Å². The summed E-state index contributed by atoms with van der Waals surface area (Å²) in [6.45, 7) is 1.60. The minimum Gasteiger partial charge on any atom is -0.507 e. The average Bonchev–Trinajstić information content (AvgIpc) is 3.19. The van der Waals surface area contributed by atoms with E-state index in [1.807, 2.05) is 18.2 Å². The van der Waals surface area contributed by atoms with Crippen LogP contribution in [0.3, 0.4) is 0 Å². The van der Waals surface area contributed by atoms with Crippen LogP contribution in [0.25, 0.3) is 11.2 Å². The molecule has 0 saturated carbocycles. The number of aliphatic hydroxyl groups is 1. The predicted molar refractivity (Wildman–Crippen MR) is 127 cm³/mol. The van der Waals surface area contributed by atoms with Crippen LogP contribution in [0.15, 0.2) is 69.3 Å². The molecule has 2 aromatic carbocycles. The van der Waals surface area contributed by atoms with Gasteiger partial charge < -0.3 is 19.5 Å². The molecule has 0 saturated heterocycles. The number of nitrogens with zero attached hydrogens (tertiary/aromatic N) is 4. The number of nitrogens with one attached hydrogen (secondary N) is 2. The van der Waals surface area contributed by atoms with Gasteiger partial charge in [0.15, 0.2) is 11.2 Å². The third kappa shape index (κ3) is 4.69. The van der Waals surface area contributed by atoms with E-state index < -0.39 is 17.4 Å². The summed E-state index contributed by atoms with van der Waals surface area (Å²) in [5, 5.41) is 25.0. The number of aryl methyl sites for hydroxylation is 1. The number of aromatic hydroxyl groups is 1. The monoisotopic (exact) mass is 464 g/mol. The number of fused-ring (bicyclic) bond motifs is 1. The molecule has 0 bridgehead atoms. The second-order valence-corrected chi connectivity index (χ2v) is 7.64. The molecule has 34 heavy (non-hydrogen) atoms.